The van der Waals surface area contributed by atoms with Gasteiger partial charge in [-0.1, -0.05) is 27.7 Å². The van der Waals surface area contributed by atoms with E-state index in [-0.39, 0.29) is 18.3 Å². The highest BCUT2D eigenvalue weighted by atomic mass is 16.4. The Morgan fingerprint density at radius 2 is 1.55 bits per heavy atom. The van der Waals surface area contributed by atoms with E-state index >= 15 is 0 Å². The zero-order chi connectivity index (χ0) is 23.9. The highest BCUT2D eigenvalue weighted by molar-refractivity contribution is 5.94. The Hall–Kier alpha value is -2.20. The average molecular weight is 443 g/mol. The van der Waals surface area contributed by atoms with E-state index in [4.69, 9.17) is 5.73 Å². The van der Waals surface area contributed by atoms with Crippen molar-refractivity contribution in [1.29, 1.82) is 0 Å². The molecule has 0 aromatic rings. The molecule has 0 aliphatic carbocycles. The maximum absolute atomic E-state index is 12.9. The summed E-state index contributed by atoms with van der Waals surface area (Å²) in [5.41, 5.74) is 5.75. The number of rotatable bonds is 11. The lowest BCUT2D eigenvalue weighted by molar-refractivity contribution is -0.144. The van der Waals surface area contributed by atoms with Crippen molar-refractivity contribution in [2.75, 3.05) is 6.54 Å². The molecule has 3 amide bonds. The third-order valence-corrected chi connectivity index (χ3v) is 5.31. The third kappa shape index (κ3) is 8.10. The molecule has 178 valence electrons. The van der Waals surface area contributed by atoms with Gasteiger partial charge in [0.1, 0.15) is 24.2 Å². The molecular formula is C21H38N4O6. The first kappa shape index (κ1) is 26.8. The molecule has 1 aliphatic rings. The van der Waals surface area contributed by atoms with Gasteiger partial charge in [-0.15, -0.1) is 0 Å². The topological polar surface area (TPSA) is 162 Å². The van der Waals surface area contributed by atoms with Crippen LogP contribution in [0.25, 0.3) is 0 Å². The van der Waals surface area contributed by atoms with Gasteiger partial charge in [-0.2, -0.15) is 0 Å². The van der Waals surface area contributed by atoms with E-state index in [1.807, 2.05) is 27.7 Å². The predicted molar refractivity (Wildman–Crippen MR) is 115 cm³/mol. The summed E-state index contributed by atoms with van der Waals surface area (Å²) in [6.45, 7) is 9.25. The molecule has 0 bridgehead atoms. The number of aliphatic carboxylic acids is 1. The maximum Gasteiger partial charge on any atom is 0.326 e. The SMILES string of the molecule is CC(C)CC(NC(=O)C(CC(C)C)NC(=O)C1CCCN1C(=O)C(N)C(C)O)C(=O)O. The first-order valence-electron chi connectivity index (χ1n) is 10.9. The van der Waals surface area contributed by atoms with Gasteiger partial charge in [-0.25, -0.2) is 4.79 Å². The van der Waals surface area contributed by atoms with Crippen molar-refractivity contribution in [3.63, 3.8) is 0 Å². The zero-order valence-corrected chi connectivity index (χ0v) is 19.1. The van der Waals surface area contributed by atoms with Crippen LogP contribution in [-0.4, -0.2) is 75.6 Å². The molecule has 10 nitrogen and oxygen atoms in total. The number of nitrogens with zero attached hydrogens (tertiary/aromatic N) is 1. The number of carbonyl (C=O) groups excluding carboxylic acids is 3. The van der Waals surface area contributed by atoms with Crippen LogP contribution in [0.2, 0.25) is 0 Å². The molecule has 5 atom stereocenters. The average Bonchev–Trinajstić information content (AvgIpc) is 3.14. The van der Waals surface area contributed by atoms with Crippen LogP contribution in [0.5, 0.6) is 0 Å². The lowest BCUT2D eigenvalue weighted by atomic mass is 10.00. The summed E-state index contributed by atoms with van der Waals surface area (Å²) < 4.78 is 0. The quantitative estimate of drug-likeness (QED) is 0.297. The first-order chi connectivity index (χ1) is 14.3. The zero-order valence-electron chi connectivity index (χ0n) is 19.1. The standard InChI is InChI=1S/C21H38N4O6/c1-11(2)9-14(18(27)24-15(21(30)31)10-12(3)4)23-19(28)16-7-6-8-25(16)20(29)17(22)13(5)26/h11-17,26H,6-10,22H2,1-5H3,(H,23,28)(H,24,27)(H,30,31). The molecule has 10 heteroatoms. The number of aliphatic hydroxyl groups excluding tert-OH is 1. The first-order valence-corrected chi connectivity index (χ1v) is 10.9. The van der Waals surface area contributed by atoms with Crippen molar-refractivity contribution in [2.45, 2.75) is 90.6 Å². The van der Waals surface area contributed by atoms with Crippen LogP contribution in [-0.2, 0) is 19.2 Å². The number of hydrogen-bond donors (Lipinski definition) is 5. The van der Waals surface area contributed by atoms with Crippen LogP contribution in [0.1, 0.15) is 60.3 Å². The third-order valence-electron chi connectivity index (χ3n) is 5.31. The molecule has 0 aromatic heterocycles. The maximum atomic E-state index is 12.9. The van der Waals surface area contributed by atoms with Gasteiger partial charge in [0.25, 0.3) is 0 Å². The number of carboxylic acids is 1. The number of carbonyl (C=O) groups is 4. The lowest BCUT2D eigenvalue weighted by Crippen LogP contribution is -2.57. The van der Waals surface area contributed by atoms with Crippen molar-refractivity contribution >= 4 is 23.7 Å². The van der Waals surface area contributed by atoms with Crippen molar-refractivity contribution in [2.24, 2.45) is 17.6 Å². The minimum absolute atomic E-state index is 0.0643. The second-order valence-corrected chi connectivity index (χ2v) is 9.18. The molecule has 5 unspecified atom stereocenters. The largest absolute Gasteiger partial charge is 0.480 e. The Morgan fingerprint density at radius 3 is 2.03 bits per heavy atom. The van der Waals surface area contributed by atoms with Gasteiger partial charge >= 0.3 is 5.97 Å². The summed E-state index contributed by atoms with van der Waals surface area (Å²) in [5.74, 6) is -2.56. The normalized spacial score (nSPS) is 20.3. The molecule has 0 radical (unpaired) electrons. The Bertz CT molecular complexity index is 652. The van der Waals surface area contributed by atoms with E-state index in [1.54, 1.807) is 0 Å². The fraction of sp³-hybridized carbons (Fsp3) is 0.810. The molecule has 1 rings (SSSR count). The number of carboxylic acid groups (broad SMARTS) is 1. The van der Waals surface area contributed by atoms with Gasteiger partial charge in [-0.3, -0.25) is 14.4 Å². The predicted octanol–water partition coefficient (Wildman–Crippen LogP) is -0.168. The Kier molecular flexibility index (Phi) is 10.4. The Balaban J connectivity index is 2.92. The minimum atomic E-state index is -1.13. The summed E-state index contributed by atoms with van der Waals surface area (Å²) in [5, 5.41) is 24.2. The summed E-state index contributed by atoms with van der Waals surface area (Å²) in [6, 6.07) is -3.89. The van der Waals surface area contributed by atoms with E-state index in [0.29, 0.717) is 25.8 Å². The van der Waals surface area contributed by atoms with Gasteiger partial charge in [0.05, 0.1) is 6.10 Å². The number of hydrogen-bond acceptors (Lipinski definition) is 6. The number of amides is 3. The highest BCUT2D eigenvalue weighted by Gasteiger charge is 2.38. The molecule has 31 heavy (non-hydrogen) atoms. The van der Waals surface area contributed by atoms with Crippen LogP contribution in [0.15, 0.2) is 0 Å². The monoisotopic (exact) mass is 442 g/mol. The van der Waals surface area contributed by atoms with Gasteiger partial charge in [0.2, 0.25) is 17.7 Å². The molecule has 1 fully saturated rings. The molecule has 1 saturated heterocycles. The molecule has 6 N–H and O–H groups in total. The van der Waals surface area contributed by atoms with Crippen molar-refractivity contribution in [1.82, 2.24) is 15.5 Å². The van der Waals surface area contributed by atoms with Gasteiger partial charge in [-0.05, 0) is 44.4 Å². The van der Waals surface area contributed by atoms with Gasteiger partial charge in [0, 0.05) is 6.54 Å². The smallest absolute Gasteiger partial charge is 0.326 e. The molecular weight excluding hydrogens is 404 g/mol. The van der Waals surface area contributed by atoms with Crippen molar-refractivity contribution in [3.8, 4) is 0 Å². The van der Waals surface area contributed by atoms with E-state index < -0.39 is 54.0 Å². The van der Waals surface area contributed by atoms with Crippen LogP contribution in [0.4, 0.5) is 0 Å². The second kappa shape index (κ2) is 12.0. The number of nitrogens with two attached hydrogens (primary N) is 1. The van der Waals surface area contributed by atoms with Crippen molar-refractivity contribution in [3.05, 3.63) is 0 Å². The fourth-order valence-corrected chi connectivity index (χ4v) is 3.64. The second-order valence-electron chi connectivity index (χ2n) is 9.18. The molecule has 0 saturated carbocycles. The summed E-state index contributed by atoms with van der Waals surface area (Å²) >= 11 is 0. The van der Waals surface area contributed by atoms with Crippen LogP contribution < -0.4 is 16.4 Å². The van der Waals surface area contributed by atoms with Crippen LogP contribution >= 0.6 is 0 Å². The number of likely N-dealkylation sites (tertiary alicyclic amines) is 1. The molecule has 1 aliphatic heterocycles. The molecule has 0 aromatic carbocycles. The van der Waals surface area contributed by atoms with Crippen LogP contribution in [0.3, 0.4) is 0 Å². The van der Waals surface area contributed by atoms with E-state index in [0.717, 1.165) is 0 Å². The highest BCUT2D eigenvalue weighted by Crippen LogP contribution is 2.20. The van der Waals surface area contributed by atoms with Gasteiger partial charge < -0.3 is 31.5 Å². The number of nitrogens with one attached hydrogen (secondary N) is 2. The summed E-state index contributed by atoms with van der Waals surface area (Å²) in [4.78, 5) is 51.1. The molecule has 0 spiro atoms. The van der Waals surface area contributed by atoms with E-state index in [1.165, 1.54) is 11.8 Å². The Morgan fingerprint density at radius 1 is 1.00 bits per heavy atom. The van der Waals surface area contributed by atoms with Gasteiger partial charge in [0.15, 0.2) is 0 Å². The number of aliphatic hydroxyl groups is 1. The van der Waals surface area contributed by atoms with Crippen LogP contribution in [0, 0.1) is 11.8 Å². The fourth-order valence-electron chi connectivity index (χ4n) is 3.64. The van der Waals surface area contributed by atoms with E-state index in [9.17, 15) is 29.4 Å². The van der Waals surface area contributed by atoms with Crippen molar-refractivity contribution < 1.29 is 29.4 Å². The molecule has 1 heterocycles. The lowest BCUT2D eigenvalue weighted by Gasteiger charge is -2.29. The Labute approximate surface area is 183 Å². The minimum Gasteiger partial charge on any atom is -0.480 e. The van der Waals surface area contributed by atoms with E-state index in [2.05, 4.69) is 10.6 Å². The summed E-state index contributed by atoms with van der Waals surface area (Å²) in [7, 11) is 0. The summed E-state index contributed by atoms with van der Waals surface area (Å²) in [6.07, 6.45) is 0.563.